The number of hydrogen-bond donors (Lipinski definition) is 1. The average Bonchev–Trinajstić information content (AvgIpc) is 2.48. The third-order valence-corrected chi connectivity index (χ3v) is 4.15. The van der Waals surface area contributed by atoms with Crippen LogP contribution in [0.4, 0.5) is 10.1 Å². The Kier molecular flexibility index (Phi) is 5.21. The molecule has 112 valence electrons. The van der Waals surface area contributed by atoms with Crippen molar-refractivity contribution in [2.24, 2.45) is 5.73 Å². The van der Waals surface area contributed by atoms with Crippen LogP contribution in [0.3, 0.4) is 0 Å². The van der Waals surface area contributed by atoms with Crippen LogP contribution in [-0.2, 0) is 6.42 Å². The third-order valence-electron chi connectivity index (χ3n) is 3.80. The molecule has 2 nitrogen and oxygen atoms in total. The summed E-state index contributed by atoms with van der Waals surface area (Å²) in [5, 5.41) is 0.716. The van der Waals surface area contributed by atoms with Crippen molar-refractivity contribution in [3.63, 3.8) is 0 Å². The average molecular weight is 307 g/mol. The molecule has 0 aromatic heterocycles. The van der Waals surface area contributed by atoms with Crippen LogP contribution >= 0.6 is 11.6 Å². The summed E-state index contributed by atoms with van der Waals surface area (Å²) >= 11 is 6.26. The van der Waals surface area contributed by atoms with Gasteiger partial charge in [-0.15, -0.1) is 0 Å². The Morgan fingerprint density at radius 1 is 1.19 bits per heavy atom. The molecule has 2 rings (SSSR count). The number of nitrogens with two attached hydrogens (primary N) is 1. The summed E-state index contributed by atoms with van der Waals surface area (Å²) in [5.41, 5.74) is 8.13. The minimum atomic E-state index is -0.212. The molecule has 0 aliphatic heterocycles. The van der Waals surface area contributed by atoms with Crippen molar-refractivity contribution in [3.8, 4) is 0 Å². The Morgan fingerprint density at radius 2 is 1.90 bits per heavy atom. The molecule has 0 amide bonds. The molecule has 4 heteroatoms. The smallest absolute Gasteiger partial charge is 0.128 e. The lowest BCUT2D eigenvalue weighted by Gasteiger charge is -2.30. The van der Waals surface area contributed by atoms with Crippen molar-refractivity contribution in [1.82, 2.24) is 0 Å². The van der Waals surface area contributed by atoms with Gasteiger partial charge in [-0.3, -0.25) is 0 Å². The van der Waals surface area contributed by atoms with Gasteiger partial charge in [0.2, 0.25) is 0 Å². The molecule has 0 radical (unpaired) electrons. The zero-order chi connectivity index (χ0) is 15.4. The van der Waals surface area contributed by atoms with Crippen LogP contribution in [0.5, 0.6) is 0 Å². The Balaban J connectivity index is 2.38. The van der Waals surface area contributed by atoms with Crippen molar-refractivity contribution in [2.75, 3.05) is 18.5 Å². The fourth-order valence-electron chi connectivity index (χ4n) is 2.50. The standard InChI is InChI=1S/C17H20ClFN2/c1-12(13-6-3-4-7-15(13)18)21(2)17-9-5-8-16(19)14(17)10-11-20/h3-9,12H,10-11,20H2,1-2H3. The van der Waals surface area contributed by atoms with Gasteiger partial charge < -0.3 is 10.6 Å². The van der Waals surface area contributed by atoms with E-state index in [2.05, 4.69) is 6.92 Å². The summed E-state index contributed by atoms with van der Waals surface area (Å²) in [6.07, 6.45) is 0.515. The first-order valence-corrected chi connectivity index (χ1v) is 7.38. The molecule has 0 aliphatic carbocycles. The molecule has 0 fully saturated rings. The molecule has 0 heterocycles. The van der Waals surface area contributed by atoms with E-state index in [1.807, 2.05) is 42.3 Å². The summed E-state index contributed by atoms with van der Waals surface area (Å²) in [6, 6.07) is 12.9. The lowest BCUT2D eigenvalue weighted by molar-refractivity contribution is 0.606. The Labute approximate surface area is 130 Å². The van der Waals surface area contributed by atoms with Crippen LogP contribution in [0.2, 0.25) is 5.02 Å². The summed E-state index contributed by atoms with van der Waals surface area (Å²) in [7, 11) is 1.95. The van der Waals surface area contributed by atoms with E-state index in [1.165, 1.54) is 6.07 Å². The second-order valence-electron chi connectivity index (χ2n) is 5.08. The molecule has 0 saturated carbocycles. The van der Waals surface area contributed by atoms with Gasteiger partial charge in [-0.1, -0.05) is 35.9 Å². The Morgan fingerprint density at radius 3 is 2.57 bits per heavy atom. The topological polar surface area (TPSA) is 29.3 Å². The second kappa shape index (κ2) is 6.92. The number of hydrogen-bond acceptors (Lipinski definition) is 2. The summed E-state index contributed by atoms with van der Waals surface area (Å²) in [5.74, 6) is -0.212. The maximum absolute atomic E-state index is 14.0. The first-order valence-electron chi connectivity index (χ1n) is 7.01. The molecule has 1 atom stereocenters. The van der Waals surface area contributed by atoms with Crippen molar-refractivity contribution in [3.05, 3.63) is 64.4 Å². The van der Waals surface area contributed by atoms with Crippen molar-refractivity contribution >= 4 is 17.3 Å². The molecule has 1 unspecified atom stereocenters. The first kappa shape index (κ1) is 15.8. The minimum absolute atomic E-state index is 0.0389. The van der Waals surface area contributed by atoms with Crippen LogP contribution in [-0.4, -0.2) is 13.6 Å². The van der Waals surface area contributed by atoms with E-state index in [0.29, 0.717) is 23.6 Å². The molecule has 0 spiro atoms. The quantitative estimate of drug-likeness (QED) is 0.898. The lowest BCUT2D eigenvalue weighted by atomic mass is 10.0. The fourth-order valence-corrected chi connectivity index (χ4v) is 2.79. The van der Waals surface area contributed by atoms with E-state index in [1.54, 1.807) is 6.07 Å². The predicted molar refractivity (Wildman–Crippen MR) is 87.4 cm³/mol. The molecule has 2 N–H and O–H groups in total. The van der Waals surface area contributed by atoms with Gasteiger partial charge in [0.1, 0.15) is 5.82 Å². The van der Waals surface area contributed by atoms with Gasteiger partial charge in [-0.2, -0.15) is 0 Å². The van der Waals surface area contributed by atoms with E-state index in [-0.39, 0.29) is 11.9 Å². The van der Waals surface area contributed by atoms with Gasteiger partial charge in [-0.05, 0) is 43.7 Å². The molecule has 2 aromatic rings. The SMILES string of the molecule is CC(c1ccccc1Cl)N(C)c1cccc(F)c1CCN. The van der Waals surface area contributed by atoms with Gasteiger partial charge >= 0.3 is 0 Å². The molecule has 21 heavy (non-hydrogen) atoms. The number of nitrogens with zero attached hydrogens (tertiary/aromatic N) is 1. The van der Waals surface area contributed by atoms with Gasteiger partial charge in [0.05, 0.1) is 6.04 Å². The molecular weight excluding hydrogens is 287 g/mol. The third kappa shape index (κ3) is 3.36. The number of rotatable bonds is 5. The number of halogens is 2. The van der Waals surface area contributed by atoms with Crippen molar-refractivity contribution < 1.29 is 4.39 Å². The normalized spacial score (nSPS) is 12.2. The van der Waals surface area contributed by atoms with Gasteiger partial charge in [-0.25, -0.2) is 4.39 Å². The zero-order valence-corrected chi connectivity index (χ0v) is 13.1. The second-order valence-corrected chi connectivity index (χ2v) is 5.49. The highest BCUT2D eigenvalue weighted by atomic mass is 35.5. The highest BCUT2D eigenvalue weighted by molar-refractivity contribution is 6.31. The van der Waals surface area contributed by atoms with E-state index in [4.69, 9.17) is 17.3 Å². The summed E-state index contributed by atoms with van der Waals surface area (Å²) < 4.78 is 14.0. The molecule has 2 aromatic carbocycles. The van der Waals surface area contributed by atoms with E-state index in [0.717, 1.165) is 11.3 Å². The van der Waals surface area contributed by atoms with E-state index >= 15 is 0 Å². The maximum Gasteiger partial charge on any atom is 0.128 e. The maximum atomic E-state index is 14.0. The minimum Gasteiger partial charge on any atom is -0.367 e. The molecule has 0 aliphatic rings. The van der Waals surface area contributed by atoms with Crippen molar-refractivity contribution in [1.29, 1.82) is 0 Å². The van der Waals surface area contributed by atoms with Crippen LogP contribution in [0.15, 0.2) is 42.5 Å². The monoisotopic (exact) mass is 306 g/mol. The number of anilines is 1. The molecular formula is C17H20ClFN2. The predicted octanol–water partition coefficient (Wildman–Crippen LogP) is 4.18. The van der Waals surface area contributed by atoms with E-state index < -0.39 is 0 Å². The van der Waals surface area contributed by atoms with Crippen LogP contribution in [0, 0.1) is 5.82 Å². The Hall–Kier alpha value is -1.58. The number of benzene rings is 2. The lowest BCUT2D eigenvalue weighted by Crippen LogP contribution is -2.24. The van der Waals surface area contributed by atoms with Crippen LogP contribution < -0.4 is 10.6 Å². The molecule has 0 bridgehead atoms. The molecule has 0 saturated heterocycles. The summed E-state index contributed by atoms with van der Waals surface area (Å²) in [6.45, 7) is 2.47. The van der Waals surface area contributed by atoms with E-state index in [9.17, 15) is 4.39 Å². The largest absolute Gasteiger partial charge is 0.367 e. The van der Waals surface area contributed by atoms with Crippen LogP contribution in [0.25, 0.3) is 0 Å². The Bertz CT molecular complexity index is 615. The highest BCUT2D eigenvalue weighted by Crippen LogP contribution is 2.32. The van der Waals surface area contributed by atoms with Gasteiger partial charge in [0.15, 0.2) is 0 Å². The van der Waals surface area contributed by atoms with Crippen LogP contribution in [0.1, 0.15) is 24.1 Å². The summed E-state index contributed by atoms with van der Waals surface area (Å²) in [4.78, 5) is 2.04. The first-order chi connectivity index (χ1) is 10.1. The highest BCUT2D eigenvalue weighted by Gasteiger charge is 2.18. The van der Waals surface area contributed by atoms with Gasteiger partial charge in [0.25, 0.3) is 0 Å². The zero-order valence-electron chi connectivity index (χ0n) is 12.3. The van der Waals surface area contributed by atoms with Gasteiger partial charge in [0, 0.05) is 23.3 Å². The fraction of sp³-hybridized carbons (Fsp3) is 0.294. The van der Waals surface area contributed by atoms with Crippen molar-refractivity contribution in [2.45, 2.75) is 19.4 Å².